The molecule has 0 fully saturated rings. The van der Waals surface area contributed by atoms with Crippen LogP contribution in [0.5, 0.6) is 0 Å². The lowest BCUT2D eigenvalue weighted by molar-refractivity contribution is 0.667. The summed E-state index contributed by atoms with van der Waals surface area (Å²) in [5.41, 5.74) is 1.44. The largest absolute Gasteiger partial charge is 0.357 e. The summed E-state index contributed by atoms with van der Waals surface area (Å²) in [6.45, 7) is 3.78. The van der Waals surface area contributed by atoms with E-state index in [0.29, 0.717) is 5.02 Å². The normalized spacial score (nSPS) is 11.6. The van der Waals surface area contributed by atoms with Crippen LogP contribution in [0.25, 0.3) is 10.9 Å². The summed E-state index contributed by atoms with van der Waals surface area (Å²) in [7, 11) is 0. The first-order valence-corrected chi connectivity index (χ1v) is 5.11. The number of hydrogen-bond donors (Lipinski definition) is 1. The van der Waals surface area contributed by atoms with Gasteiger partial charge in [-0.1, -0.05) is 11.6 Å². The molecule has 0 bridgehead atoms. The van der Waals surface area contributed by atoms with E-state index in [2.05, 4.69) is 11.1 Å². The molecular weight excluding hydrogens is 208 g/mol. The van der Waals surface area contributed by atoms with E-state index in [9.17, 15) is 0 Å². The van der Waals surface area contributed by atoms with E-state index in [-0.39, 0.29) is 0 Å². The first-order valence-electron chi connectivity index (χ1n) is 4.73. The lowest BCUT2D eigenvalue weighted by Gasteiger charge is -2.11. The van der Waals surface area contributed by atoms with Gasteiger partial charge in [0.25, 0.3) is 0 Å². The van der Waals surface area contributed by atoms with Crippen LogP contribution in [0.2, 0.25) is 5.02 Å². The predicted octanol–water partition coefficient (Wildman–Crippen LogP) is 3.62. The smallest absolute Gasteiger partial charge is 0.0915 e. The summed E-state index contributed by atoms with van der Waals surface area (Å²) in [5.74, 6) is 0. The van der Waals surface area contributed by atoms with Crippen molar-refractivity contribution in [3.8, 4) is 6.07 Å². The summed E-state index contributed by atoms with van der Waals surface area (Å²) in [6, 6.07) is 9.90. The van der Waals surface area contributed by atoms with Crippen molar-refractivity contribution in [2.45, 2.75) is 19.3 Å². The molecular formula is C12H11ClN2. The molecule has 0 aliphatic heterocycles. The zero-order valence-electron chi connectivity index (χ0n) is 8.63. The van der Waals surface area contributed by atoms with Crippen molar-refractivity contribution < 1.29 is 0 Å². The zero-order chi connectivity index (χ0) is 11.1. The van der Waals surface area contributed by atoms with Crippen molar-refractivity contribution in [3.05, 3.63) is 35.0 Å². The summed E-state index contributed by atoms with van der Waals surface area (Å²) in [6.07, 6.45) is 0. The number of nitriles is 1. The number of halogens is 1. The third kappa shape index (κ3) is 1.71. The third-order valence-corrected chi connectivity index (χ3v) is 2.77. The lowest BCUT2D eigenvalue weighted by atomic mass is 9.91. The van der Waals surface area contributed by atoms with Gasteiger partial charge in [0.2, 0.25) is 0 Å². The van der Waals surface area contributed by atoms with Crippen molar-refractivity contribution in [1.82, 2.24) is 4.98 Å². The molecule has 2 aromatic rings. The molecule has 0 amide bonds. The first kappa shape index (κ1) is 10.1. The molecule has 1 heterocycles. The fourth-order valence-corrected chi connectivity index (χ4v) is 1.68. The Kier molecular flexibility index (Phi) is 2.21. The molecule has 1 aromatic heterocycles. The number of aromatic amines is 1. The van der Waals surface area contributed by atoms with Crippen LogP contribution in [0.4, 0.5) is 0 Å². The van der Waals surface area contributed by atoms with Gasteiger partial charge in [0.1, 0.15) is 0 Å². The van der Waals surface area contributed by atoms with Crippen molar-refractivity contribution in [3.63, 3.8) is 0 Å². The molecule has 0 unspecified atom stereocenters. The van der Waals surface area contributed by atoms with E-state index in [1.54, 1.807) is 0 Å². The van der Waals surface area contributed by atoms with Gasteiger partial charge in [-0.05, 0) is 38.1 Å². The van der Waals surface area contributed by atoms with Crippen molar-refractivity contribution >= 4 is 22.5 Å². The minimum Gasteiger partial charge on any atom is -0.357 e. The molecule has 1 aromatic carbocycles. The Morgan fingerprint density at radius 3 is 2.73 bits per heavy atom. The molecule has 15 heavy (non-hydrogen) atoms. The van der Waals surface area contributed by atoms with Crippen LogP contribution in [0.3, 0.4) is 0 Å². The molecule has 0 radical (unpaired) electrons. The van der Waals surface area contributed by atoms with Crippen LogP contribution in [-0.2, 0) is 5.41 Å². The number of H-pyrrole nitrogens is 1. The van der Waals surface area contributed by atoms with Crippen LogP contribution in [0.1, 0.15) is 19.5 Å². The number of nitrogens with zero attached hydrogens (tertiary/aromatic N) is 1. The quantitative estimate of drug-likeness (QED) is 0.780. The molecule has 0 aliphatic rings. The molecule has 2 nitrogen and oxygen atoms in total. The maximum absolute atomic E-state index is 9.03. The van der Waals surface area contributed by atoms with Crippen LogP contribution >= 0.6 is 11.6 Å². The van der Waals surface area contributed by atoms with Crippen molar-refractivity contribution in [2.24, 2.45) is 0 Å². The molecule has 0 aliphatic carbocycles. The summed E-state index contributed by atoms with van der Waals surface area (Å²) < 4.78 is 0. The van der Waals surface area contributed by atoms with Gasteiger partial charge in [-0.2, -0.15) is 5.26 Å². The minimum absolute atomic E-state index is 0.495. The molecule has 0 atom stereocenters. The summed E-state index contributed by atoms with van der Waals surface area (Å²) >= 11 is 5.90. The Hall–Kier alpha value is -1.46. The van der Waals surface area contributed by atoms with E-state index in [0.717, 1.165) is 16.6 Å². The highest BCUT2D eigenvalue weighted by atomic mass is 35.5. The Labute approximate surface area is 93.5 Å². The van der Waals surface area contributed by atoms with Crippen LogP contribution in [-0.4, -0.2) is 4.98 Å². The van der Waals surface area contributed by atoms with E-state index in [1.165, 1.54) is 0 Å². The van der Waals surface area contributed by atoms with Gasteiger partial charge in [0, 0.05) is 21.6 Å². The van der Waals surface area contributed by atoms with E-state index in [4.69, 9.17) is 16.9 Å². The molecule has 76 valence electrons. The average Bonchev–Trinajstić information content (AvgIpc) is 2.61. The molecule has 2 rings (SSSR count). The number of nitrogens with one attached hydrogen (secondary N) is 1. The monoisotopic (exact) mass is 218 g/mol. The van der Waals surface area contributed by atoms with Crippen molar-refractivity contribution in [1.29, 1.82) is 5.26 Å². The highest BCUT2D eigenvalue weighted by Gasteiger charge is 2.21. The number of benzene rings is 1. The minimum atomic E-state index is -0.495. The maximum Gasteiger partial charge on any atom is 0.0915 e. The first-order chi connectivity index (χ1) is 7.03. The molecule has 3 heteroatoms. The van der Waals surface area contributed by atoms with Crippen molar-refractivity contribution in [2.75, 3.05) is 0 Å². The Morgan fingerprint density at radius 1 is 1.33 bits per heavy atom. The Morgan fingerprint density at radius 2 is 2.07 bits per heavy atom. The van der Waals surface area contributed by atoms with E-state index in [1.807, 2.05) is 38.1 Å². The second kappa shape index (κ2) is 3.29. The maximum atomic E-state index is 9.03. The number of hydrogen-bond acceptors (Lipinski definition) is 1. The number of fused-ring (bicyclic) bond motifs is 1. The van der Waals surface area contributed by atoms with Gasteiger partial charge in [-0.15, -0.1) is 0 Å². The SMILES string of the molecule is CC(C)(C#N)c1cc2cc(Cl)ccc2[nH]1. The number of aromatic nitrogens is 1. The predicted molar refractivity (Wildman–Crippen MR) is 61.9 cm³/mol. The van der Waals surface area contributed by atoms with Gasteiger partial charge in [0.15, 0.2) is 0 Å². The van der Waals surface area contributed by atoms with Gasteiger partial charge >= 0.3 is 0 Å². The lowest BCUT2D eigenvalue weighted by Crippen LogP contribution is -2.13. The highest BCUT2D eigenvalue weighted by molar-refractivity contribution is 6.31. The van der Waals surface area contributed by atoms with Gasteiger partial charge in [0.05, 0.1) is 11.5 Å². The molecule has 0 saturated carbocycles. The molecule has 0 saturated heterocycles. The van der Waals surface area contributed by atoms with E-state index < -0.39 is 5.41 Å². The standard InChI is InChI=1S/C12H11ClN2/c1-12(2,7-14)11-6-8-5-9(13)3-4-10(8)15-11/h3-6,15H,1-2H3. The Bertz CT molecular complexity index is 546. The number of rotatable bonds is 1. The zero-order valence-corrected chi connectivity index (χ0v) is 9.39. The van der Waals surface area contributed by atoms with E-state index >= 15 is 0 Å². The van der Waals surface area contributed by atoms with Gasteiger partial charge < -0.3 is 4.98 Å². The van der Waals surface area contributed by atoms with Gasteiger partial charge in [-0.3, -0.25) is 0 Å². The van der Waals surface area contributed by atoms with Crippen LogP contribution in [0.15, 0.2) is 24.3 Å². The fraction of sp³-hybridized carbons (Fsp3) is 0.250. The second-order valence-electron chi connectivity index (χ2n) is 4.15. The van der Waals surface area contributed by atoms with Crippen LogP contribution < -0.4 is 0 Å². The van der Waals surface area contributed by atoms with Crippen LogP contribution in [0, 0.1) is 11.3 Å². The van der Waals surface area contributed by atoms with Gasteiger partial charge in [-0.25, -0.2) is 0 Å². The summed E-state index contributed by atoms with van der Waals surface area (Å²) in [4.78, 5) is 3.23. The topological polar surface area (TPSA) is 39.6 Å². The second-order valence-corrected chi connectivity index (χ2v) is 4.59. The Balaban J connectivity index is 2.63. The summed E-state index contributed by atoms with van der Waals surface area (Å²) in [5, 5.41) is 10.8. The average molecular weight is 219 g/mol. The fourth-order valence-electron chi connectivity index (χ4n) is 1.50. The third-order valence-electron chi connectivity index (χ3n) is 2.54. The highest BCUT2D eigenvalue weighted by Crippen LogP contribution is 2.27. The molecule has 0 spiro atoms. The molecule has 1 N–H and O–H groups in total.